The Morgan fingerprint density at radius 2 is 1.96 bits per heavy atom. The summed E-state index contributed by atoms with van der Waals surface area (Å²) in [5.74, 6) is 0.797. The van der Waals surface area contributed by atoms with Crippen LogP contribution in [-0.4, -0.2) is 16.7 Å². The number of halogens is 1. The number of anilines is 2. The maximum absolute atomic E-state index is 9.02. The smallest absolute Gasteiger partial charge is 0.152 e. The summed E-state index contributed by atoms with van der Waals surface area (Å²) in [6.45, 7) is 0.178. The fourth-order valence-electron chi connectivity index (χ4n) is 3.24. The molecule has 130 valence electrons. The maximum Gasteiger partial charge on any atom is 0.152 e. The fraction of sp³-hybridized carbons (Fsp3) is 0.250. The molecule has 5 heteroatoms. The molecule has 2 aromatic heterocycles. The molecule has 1 aromatic carbocycles. The standard InChI is InChI=1S/C20H20N2O2.ClH/c23-11-10-14-6-8-15(9-7-14)21-18-13-19(20-5-2-12-24-20)22-17-4-1-3-16(17)18;/h2,5-9,12-13,23H,1,3-4,10-11H2,(H,21,22);1H. The van der Waals surface area contributed by atoms with Gasteiger partial charge in [-0.3, -0.25) is 0 Å². The third-order valence-electron chi connectivity index (χ3n) is 4.46. The zero-order valence-corrected chi connectivity index (χ0v) is 14.7. The minimum absolute atomic E-state index is 0. The van der Waals surface area contributed by atoms with E-state index >= 15 is 0 Å². The van der Waals surface area contributed by atoms with Crippen molar-refractivity contribution in [3.8, 4) is 11.5 Å². The normalized spacial score (nSPS) is 12.5. The van der Waals surface area contributed by atoms with Crippen LogP contribution >= 0.6 is 12.4 Å². The molecule has 0 atom stereocenters. The molecule has 4 rings (SSSR count). The molecule has 3 aromatic rings. The summed E-state index contributed by atoms with van der Waals surface area (Å²) in [6, 6.07) is 14.1. The van der Waals surface area contributed by atoms with Crippen molar-refractivity contribution in [2.45, 2.75) is 25.7 Å². The average molecular weight is 357 g/mol. The first-order chi connectivity index (χ1) is 11.8. The van der Waals surface area contributed by atoms with Crippen LogP contribution in [0.3, 0.4) is 0 Å². The van der Waals surface area contributed by atoms with Crippen molar-refractivity contribution in [3.63, 3.8) is 0 Å². The van der Waals surface area contributed by atoms with Crippen molar-refractivity contribution >= 4 is 23.8 Å². The van der Waals surface area contributed by atoms with Gasteiger partial charge in [-0.15, -0.1) is 12.4 Å². The molecule has 2 N–H and O–H groups in total. The fourth-order valence-corrected chi connectivity index (χ4v) is 3.24. The third kappa shape index (κ3) is 3.70. The molecule has 0 bridgehead atoms. The Balaban J connectivity index is 0.00000182. The van der Waals surface area contributed by atoms with Gasteiger partial charge in [-0.2, -0.15) is 0 Å². The number of nitrogens with zero attached hydrogens (tertiary/aromatic N) is 1. The summed E-state index contributed by atoms with van der Waals surface area (Å²) in [4.78, 5) is 4.77. The van der Waals surface area contributed by atoms with Gasteiger partial charge >= 0.3 is 0 Å². The van der Waals surface area contributed by atoms with E-state index in [0.717, 1.165) is 47.7 Å². The van der Waals surface area contributed by atoms with Crippen LogP contribution in [0.5, 0.6) is 0 Å². The molecular weight excluding hydrogens is 336 g/mol. The van der Waals surface area contributed by atoms with Crippen molar-refractivity contribution in [2.24, 2.45) is 0 Å². The highest BCUT2D eigenvalue weighted by Crippen LogP contribution is 2.33. The van der Waals surface area contributed by atoms with Gasteiger partial charge in [0.05, 0.1) is 6.26 Å². The van der Waals surface area contributed by atoms with E-state index in [1.807, 2.05) is 24.3 Å². The molecule has 0 spiro atoms. The Labute approximate surface area is 153 Å². The molecule has 0 fully saturated rings. The zero-order valence-electron chi connectivity index (χ0n) is 13.9. The number of aliphatic hydroxyl groups is 1. The second-order valence-corrected chi connectivity index (χ2v) is 6.11. The number of rotatable bonds is 5. The van der Waals surface area contributed by atoms with Gasteiger partial charge in [0.15, 0.2) is 5.76 Å². The number of pyridine rings is 1. The van der Waals surface area contributed by atoms with Crippen LogP contribution in [0.25, 0.3) is 11.5 Å². The van der Waals surface area contributed by atoms with Gasteiger partial charge < -0.3 is 14.8 Å². The van der Waals surface area contributed by atoms with E-state index in [-0.39, 0.29) is 19.0 Å². The number of benzene rings is 1. The van der Waals surface area contributed by atoms with Gasteiger partial charge in [0, 0.05) is 23.7 Å². The Bertz CT molecular complexity index is 830. The van der Waals surface area contributed by atoms with Crippen LogP contribution in [0.15, 0.2) is 53.1 Å². The van der Waals surface area contributed by atoms with Crippen LogP contribution in [0.4, 0.5) is 11.4 Å². The highest BCUT2D eigenvalue weighted by molar-refractivity contribution is 5.85. The van der Waals surface area contributed by atoms with Crippen LogP contribution in [0.2, 0.25) is 0 Å². The van der Waals surface area contributed by atoms with Gasteiger partial charge in [-0.05, 0) is 67.1 Å². The van der Waals surface area contributed by atoms with E-state index in [1.165, 1.54) is 11.3 Å². The molecule has 0 aliphatic heterocycles. The molecule has 0 amide bonds. The zero-order chi connectivity index (χ0) is 16.4. The van der Waals surface area contributed by atoms with Crippen molar-refractivity contribution < 1.29 is 9.52 Å². The molecule has 1 aliphatic rings. The monoisotopic (exact) mass is 356 g/mol. The molecular formula is C20H21ClN2O2. The minimum atomic E-state index is 0. The van der Waals surface area contributed by atoms with E-state index < -0.39 is 0 Å². The average Bonchev–Trinajstić information content (AvgIpc) is 3.28. The van der Waals surface area contributed by atoms with Gasteiger partial charge in [0.1, 0.15) is 5.69 Å². The molecule has 1 aliphatic carbocycles. The first-order valence-corrected chi connectivity index (χ1v) is 8.37. The van der Waals surface area contributed by atoms with Crippen LogP contribution < -0.4 is 5.32 Å². The Hall–Kier alpha value is -2.30. The summed E-state index contributed by atoms with van der Waals surface area (Å²) in [6.07, 6.45) is 5.60. The topological polar surface area (TPSA) is 58.3 Å². The molecule has 0 unspecified atom stereocenters. The number of aliphatic hydroxyl groups excluding tert-OH is 1. The van der Waals surface area contributed by atoms with E-state index in [1.54, 1.807) is 6.26 Å². The number of aryl methyl sites for hydroxylation is 1. The number of nitrogens with one attached hydrogen (secondary N) is 1. The SMILES string of the molecule is Cl.OCCc1ccc(Nc2cc(-c3ccco3)nc3c2CCC3)cc1. The largest absolute Gasteiger partial charge is 0.463 e. The predicted octanol–water partition coefficient (Wildman–Crippen LogP) is 4.53. The highest BCUT2D eigenvalue weighted by Gasteiger charge is 2.19. The molecule has 0 radical (unpaired) electrons. The first kappa shape index (κ1) is 17.5. The molecule has 2 heterocycles. The number of hydrogen-bond acceptors (Lipinski definition) is 4. The second kappa shape index (κ2) is 7.72. The lowest BCUT2D eigenvalue weighted by atomic mass is 10.1. The Kier molecular flexibility index (Phi) is 5.41. The lowest BCUT2D eigenvalue weighted by molar-refractivity contribution is 0.299. The van der Waals surface area contributed by atoms with Gasteiger partial charge in [-0.25, -0.2) is 4.98 Å². The van der Waals surface area contributed by atoms with Crippen LogP contribution in [0.1, 0.15) is 23.2 Å². The van der Waals surface area contributed by atoms with E-state index in [4.69, 9.17) is 14.5 Å². The highest BCUT2D eigenvalue weighted by atomic mass is 35.5. The van der Waals surface area contributed by atoms with Crippen molar-refractivity contribution in [2.75, 3.05) is 11.9 Å². The molecule has 0 saturated carbocycles. The van der Waals surface area contributed by atoms with Gasteiger partial charge in [0.25, 0.3) is 0 Å². The lowest BCUT2D eigenvalue weighted by Gasteiger charge is -2.13. The summed E-state index contributed by atoms with van der Waals surface area (Å²) >= 11 is 0. The number of aromatic nitrogens is 1. The van der Waals surface area contributed by atoms with Crippen LogP contribution in [-0.2, 0) is 19.3 Å². The summed E-state index contributed by atoms with van der Waals surface area (Å²) in [5, 5.41) is 12.6. The predicted molar refractivity (Wildman–Crippen MR) is 102 cm³/mol. The molecule has 0 saturated heterocycles. The van der Waals surface area contributed by atoms with Crippen molar-refractivity contribution in [1.29, 1.82) is 0 Å². The minimum Gasteiger partial charge on any atom is -0.463 e. The first-order valence-electron chi connectivity index (χ1n) is 8.37. The van der Waals surface area contributed by atoms with Gasteiger partial charge in [-0.1, -0.05) is 12.1 Å². The van der Waals surface area contributed by atoms with Crippen molar-refractivity contribution in [1.82, 2.24) is 4.98 Å². The van der Waals surface area contributed by atoms with E-state index in [0.29, 0.717) is 6.42 Å². The number of hydrogen-bond donors (Lipinski definition) is 2. The van der Waals surface area contributed by atoms with Gasteiger partial charge in [0.2, 0.25) is 0 Å². The molecule has 25 heavy (non-hydrogen) atoms. The van der Waals surface area contributed by atoms with Crippen molar-refractivity contribution in [3.05, 3.63) is 65.5 Å². The summed E-state index contributed by atoms with van der Waals surface area (Å²) in [7, 11) is 0. The second-order valence-electron chi connectivity index (χ2n) is 6.11. The van der Waals surface area contributed by atoms with E-state index in [9.17, 15) is 0 Å². The quantitative estimate of drug-likeness (QED) is 0.705. The van der Waals surface area contributed by atoms with E-state index in [2.05, 4.69) is 23.5 Å². The summed E-state index contributed by atoms with van der Waals surface area (Å²) in [5.41, 5.74) is 6.65. The Morgan fingerprint density at radius 3 is 2.68 bits per heavy atom. The molecule has 4 nitrogen and oxygen atoms in total. The third-order valence-corrected chi connectivity index (χ3v) is 4.46. The maximum atomic E-state index is 9.02. The number of fused-ring (bicyclic) bond motifs is 1. The lowest BCUT2D eigenvalue weighted by Crippen LogP contribution is -2.00. The van der Waals surface area contributed by atoms with Crippen LogP contribution in [0, 0.1) is 0 Å². The Morgan fingerprint density at radius 1 is 1.12 bits per heavy atom. The summed E-state index contributed by atoms with van der Waals surface area (Å²) < 4.78 is 5.51. The number of furan rings is 1.